The molecular weight excluding hydrogens is 540 g/mol. The van der Waals surface area contributed by atoms with E-state index in [2.05, 4.69) is 170 Å². The Bertz CT molecular complexity index is 1210. The molecule has 6 aromatic carbocycles. The summed E-state index contributed by atoms with van der Waals surface area (Å²) in [6.07, 6.45) is 0. The minimum absolute atomic E-state index is 0. The standard InChI is InChI=1S/2C17H14P.Fe.N/c2*1-3-9-15(10-4-1)18(17-13-7-8-14-17)16-11-5-2-6-12-16;;/h2*1-14H;;/q2*-1;+2;. The van der Waals surface area contributed by atoms with Gasteiger partial charge in [-0.25, -0.2) is 24.3 Å². The summed E-state index contributed by atoms with van der Waals surface area (Å²) >= 11 is 0. The summed E-state index contributed by atoms with van der Waals surface area (Å²) in [6.45, 7) is 0. The molecule has 0 saturated carbocycles. The average molecular weight is 568 g/mol. The molecule has 0 aliphatic heterocycles. The van der Waals surface area contributed by atoms with Gasteiger partial charge in [0.05, 0.1) is 0 Å². The normalized spacial score (nSPS) is 10.2. The molecule has 0 atom stereocenters. The van der Waals surface area contributed by atoms with E-state index in [0.717, 1.165) is 0 Å². The topological polar surface area (TPSA) is 30.5 Å². The Balaban J connectivity index is 0.000000200. The van der Waals surface area contributed by atoms with Crippen molar-refractivity contribution in [2.75, 3.05) is 0 Å². The van der Waals surface area contributed by atoms with E-state index < -0.39 is 15.8 Å². The van der Waals surface area contributed by atoms with Crippen molar-refractivity contribution in [1.29, 1.82) is 0 Å². The molecule has 0 amide bonds. The van der Waals surface area contributed by atoms with E-state index in [-0.39, 0.29) is 23.2 Å². The van der Waals surface area contributed by atoms with Crippen LogP contribution in [0.5, 0.6) is 0 Å². The minimum Gasteiger partial charge on any atom is -0.213 e. The van der Waals surface area contributed by atoms with Gasteiger partial charge in [-0.3, -0.25) is 0 Å². The maximum Gasteiger partial charge on any atom is 2.00 e. The quantitative estimate of drug-likeness (QED) is 0.137. The van der Waals surface area contributed by atoms with Gasteiger partial charge in [0.25, 0.3) is 0 Å². The molecule has 0 heterocycles. The Morgan fingerprint density at radius 1 is 0.316 bits per heavy atom. The molecule has 6 rings (SSSR count). The Hall–Kier alpha value is -3.08. The van der Waals surface area contributed by atoms with Crippen LogP contribution in [0.15, 0.2) is 170 Å². The van der Waals surface area contributed by atoms with Gasteiger partial charge in [0.15, 0.2) is 0 Å². The van der Waals surface area contributed by atoms with Crippen LogP contribution < -0.4 is 38.0 Å². The van der Waals surface area contributed by atoms with E-state index in [4.69, 9.17) is 0 Å². The fourth-order valence-electron chi connectivity index (χ4n) is 4.23. The zero-order valence-electron chi connectivity index (χ0n) is 20.9. The molecule has 0 aliphatic rings. The summed E-state index contributed by atoms with van der Waals surface area (Å²) in [6, 6.07) is 60.5. The van der Waals surface area contributed by atoms with Gasteiger partial charge in [-0.1, -0.05) is 137 Å². The van der Waals surface area contributed by atoms with Gasteiger partial charge >= 0.3 is 17.1 Å². The largest absolute Gasteiger partial charge is 2.00 e. The number of benzene rings is 4. The first kappa shape index (κ1) is 29.5. The van der Waals surface area contributed by atoms with Crippen LogP contribution in [0.1, 0.15) is 0 Å². The Kier molecular flexibility index (Phi) is 11.9. The molecular formula is C34H28FeNP2. The van der Waals surface area contributed by atoms with Gasteiger partial charge in [0.2, 0.25) is 0 Å². The molecule has 0 fully saturated rings. The van der Waals surface area contributed by atoms with Gasteiger partial charge in [-0.05, 0) is 21.2 Å². The summed E-state index contributed by atoms with van der Waals surface area (Å²) in [5.41, 5.74) is 0. The molecule has 4 heteroatoms. The molecule has 6 aromatic rings. The molecule has 3 radical (unpaired) electrons. The van der Waals surface area contributed by atoms with Gasteiger partial charge in [-0.2, -0.15) is 24.3 Å². The van der Waals surface area contributed by atoms with Crippen molar-refractivity contribution in [3.05, 3.63) is 170 Å². The van der Waals surface area contributed by atoms with Crippen LogP contribution in [0.3, 0.4) is 0 Å². The third kappa shape index (κ3) is 7.49. The van der Waals surface area contributed by atoms with Gasteiger partial charge < -0.3 is 0 Å². The van der Waals surface area contributed by atoms with E-state index >= 15 is 0 Å². The van der Waals surface area contributed by atoms with Crippen molar-refractivity contribution in [2.24, 2.45) is 0 Å². The predicted octanol–water partition coefficient (Wildman–Crippen LogP) is 5.84. The maximum absolute atomic E-state index is 2.23. The number of hydrogen-bond donors (Lipinski definition) is 0. The summed E-state index contributed by atoms with van der Waals surface area (Å²) in [7, 11) is -0.818. The maximum atomic E-state index is 2.23. The molecule has 38 heavy (non-hydrogen) atoms. The SMILES string of the molecule is [Fe+2].[N].c1ccc(P(c2ccccc2)[c-]2cccc2)cc1.c1ccc(P(c2ccccc2)[c-]2cccc2)cc1. The molecule has 0 spiro atoms. The van der Waals surface area contributed by atoms with Crippen molar-refractivity contribution >= 4 is 47.7 Å². The zero-order valence-corrected chi connectivity index (χ0v) is 23.8. The average Bonchev–Trinajstić information content (AvgIpc) is 3.68. The second kappa shape index (κ2) is 15.4. The molecule has 1 nitrogen and oxygen atoms in total. The molecule has 0 N–H and O–H groups in total. The Morgan fingerprint density at radius 3 is 0.737 bits per heavy atom. The van der Waals surface area contributed by atoms with E-state index in [9.17, 15) is 0 Å². The smallest absolute Gasteiger partial charge is 0.213 e. The summed E-state index contributed by atoms with van der Waals surface area (Å²) in [5, 5.41) is 8.47. The Labute approximate surface area is 239 Å². The predicted molar refractivity (Wildman–Crippen MR) is 164 cm³/mol. The molecule has 0 unspecified atom stereocenters. The molecule has 0 aliphatic carbocycles. The third-order valence-electron chi connectivity index (χ3n) is 5.86. The minimum atomic E-state index is -0.409. The second-order valence-corrected chi connectivity index (χ2v) is 12.7. The van der Waals surface area contributed by atoms with Crippen molar-refractivity contribution in [2.45, 2.75) is 0 Å². The van der Waals surface area contributed by atoms with Crippen LogP contribution in [0.4, 0.5) is 0 Å². The summed E-state index contributed by atoms with van der Waals surface area (Å²) < 4.78 is 0. The monoisotopic (exact) mass is 568 g/mol. The first-order valence-corrected chi connectivity index (χ1v) is 14.8. The van der Waals surface area contributed by atoms with Crippen molar-refractivity contribution in [3.63, 3.8) is 0 Å². The number of rotatable bonds is 6. The van der Waals surface area contributed by atoms with Crippen LogP contribution in [0, 0.1) is 0 Å². The van der Waals surface area contributed by atoms with Gasteiger partial charge in [0, 0.05) is 6.15 Å². The van der Waals surface area contributed by atoms with Gasteiger partial charge in [-0.15, -0.1) is 10.6 Å². The molecule has 187 valence electrons. The molecule has 0 aromatic heterocycles. The summed E-state index contributed by atoms with van der Waals surface area (Å²) in [4.78, 5) is 0. The summed E-state index contributed by atoms with van der Waals surface area (Å²) in [5.74, 6) is 0. The van der Waals surface area contributed by atoms with E-state index in [1.807, 2.05) is 0 Å². The number of hydrogen-bond acceptors (Lipinski definition) is 0. The van der Waals surface area contributed by atoms with Crippen LogP contribution in [-0.2, 0) is 17.1 Å². The third-order valence-corrected chi connectivity index (χ3v) is 10.8. The van der Waals surface area contributed by atoms with Crippen LogP contribution in [0.25, 0.3) is 0 Å². The van der Waals surface area contributed by atoms with Crippen molar-refractivity contribution in [1.82, 2.24) is 6.15 Å². The second-order valence-electron chi connectivity index (χ2n) is 8.30. The van der Waals surface area contributed by atoms with E-state index in [0.29, 0.717) is 0 Å². The fraction of sp³-hybridized carbons (Fsp3) is 0. The van der Waals surface area contributed by atoms with Gasteiger partial charge in [0.1, 0.15) is 0 Å². The van der Waals surface area contributed by atoms with E-state index in [1.165, 1.54) is 31.8 Å². The molecule has 0 bridgehead atoms. The van der Waals surface area contributed by atoms with Crippen LogP contribution >= 0.6 is 15.8 Å². The van der Waals surface area contributed by atoms with Crippen LogP contribution in [0.2, 0.25) is 0 Å². The van der Waals surface area contributed by atoms with Crippen molar-refractivity contribution in [3.8, 4) is 0 Å². The van der Waals surface area contributed by atoms with Crippen molar-refractivity contribution < 1.29 is 17.1 Å². The first-order valence-electron chi connectivity index (χ1n) is 12.1. The molecule has 0 saturated heterocycles. The Morgan fingerprint density at radius 2 is 0.526 bits per heavy atom. The zero-order chi connectivity index (χ0) is 24.4. The first-order chi connectivity index (χ1) is 17.9. The van der Waals surface area contributed by atoms with Crippen LogP contribution in [-0.4, -0.2) is 0 Å². The fourth-order valence-corrected chi connectivity index (χ4v) is 8.84. The number of nitrogens with zero attached hydrogens (tertiary/aromatic N) is 1. The van der Waals surface area contributed by atoms with E-state index in [1.54, 1.807) is 0 Å².